The highest BCUT2D eigenvalue weighted by Gasteiger charge is 2.29. The average molecular weight is 458 g/mol. The predicted molar refractivity (Wildman–Crippen MR) is 133 cm³/mol. The highest BCUT2D eigenvalue weighted by Crippen LogP contribution is 2.28. The molecule has 4 aromatic rings. The molecule has 2 aromatic heterocycles. The Bertz CT molecular complexity index is 1270. The highest BCUT2D eigenvalue weighted by molar-refractivity contribution is 7.16. The number of nitrogens with zero attached hydrogens (tertiary/aromatic N) is 2. The number of para-hydroxylation sites is 1. The van der Waals surface area contributed by atoms with Gasteiger partial charge in [-0.25, -0.2) is 0 Å². The van der Waals surface area contributed by atoms with Gasteiger partial charge in [0.1, 0.15) is 5.00 Å². The van der Waals surface area contributed by atoms with E-state index in [1.165, 1.54) is 16.7 Å². The minimum Gasteiger partial charge on any atom is -0.349 e. The molecule has 33 heavy (non-hydrogen) atoms. The first-order chi connectivity index (χ1) is 16.1. The van der Waals surface area contributed by atoms with Gasteiger partial charge >= 0.3 is 0 Å². The van der Waals surface area contributed by atoms with Crippen molar-refractivity contribution in [2.24, 2.45) is 5.92 Å². The van der Waals surface area contributed by atoms with Gasteiger partial charge in [-0.2, -0.15) is 0 Å². The summed E-state index contributed by atoms with van der Waals surface area (Å²) in [6, 6.07) is 24.2. The van der Waals surface area contributed by atoms with Crippen LogP contribution in [0, 0.1) is 5.92 Å². The SMILES string of the molecule is CC(NC(=O)C1CCN(C(=O)c2ccc(-n3ccc4ccccc43)s2)CC1)c1ccccc1. The lowest BCUT2D eigenvalue weighted by Crippen LogP contribution is -2.43. The first-order valence-corrected chi connectivity index (χ1v) is 12.2. The van der Waals surface area contributed by atoms with Crippen molar-refractivity contribution in [3.05, 3.63) is 89.4 Å². The van der Waals surface area contributed by atoms with Crippen LogP contribution in [0.15, 0.2) is 79.0 Å². The van der Waals surface area contributed by atoms with E-state index in [0.29, 0.717) is 25.9 Å². The van der Waals surface area contributed by atoms with Gasteiger partial charge in [0.05, 0.1) is 16.4 Å². The fourth-order valence-corrected chi connectivity index (χ4v) is 5.48. The number of hydrogen-bond acceptors (Lipinski definition) is 3. The smallest absolute Gasteiger partial charge is 0.263 e. The van der Waals surface area contributed by atoms with Gasteiger partial charge in [0, 0.05) is 25.2 Å². The van der Waals surface area contributed by atoms with Crippen LogP contribution in [0.3, 0.4) is 0 Å². The molecule has 2 aromatic carbocycles. The molecule has 1 aliphatic rings. The van der Waals surface area contributed by atoms with E-state index in [2.05, 4.69) is 28.1 Å². The summed E-state index contributed by atoms with van der Waals surface area (Å²) in [7, 11) is 0. The van der Waals surface area contributed by atoms with Crippen molar-refractivity contribution in [2.75, 3.05) is 13.1 Å². The Kier molecular flexibility index (Phi) is 6.01. The number of rotatable bonds is 5. The molecule has 5 rings (SSSR count). The molecule has 1 aliphatic heterocycles. The summed E-state index contributed by atoms with van der Waals surface area (Å²) < 4.78 is 2.13. The number of likely N-dealkylation sites (tertiary alicyclic amines) is 1. The number of piperidine rings is 1. The van der Waals surface area contributed by atoms with Gasteiger partial charge in [-0.15, -0.1) is 11.3 Å². The summed E-state index contributed by atoms with van der Waals surface area (Å²) in [5.41, 5.74) is 2.23. The Morgan fingerprint density at radius 3 is 2.45 bits per heavy atom. The topological polar surface area (TPSA) is 54.3 Å². The number of thiophene rings is 1. The van der Waals surface area contributed by atoms with Gasteiger partial charge in [-0.05, 0) is 55.0 Å². The molecule has 0 bridgehead atoms. The molecule has 0 aliphatic carbocycles. The first-order valence-electron chi connectivity index (χ1n) is 11.4. The van der Waals surface area contributed by atoms with Crippen LogP contribution in [0.1, 0.15) is 41.0 Å². The van der Waals surface area contributed by atoms with Gasteiger partial charge in [-0.3, -0.25) is 9.59 Å². The fourth-order valence-electron chi connectivity index (χ4n) is 4.50. The van der Waals surface area contributed by atoms with Crippen molar-refractivity contribution in [3.63, 3.8) is 0 Å². The molecule has 0 spiro atoms. The molecule has 1 unspecified atom stereocenters. The Balaban J connectivity index is 1.19. The lowest BCUT2D eigenvalue weighted by molar-refractivity contribution is -0.126. The number of hydrogen-bond donors (Lipinski definition) is 1. The summed E-state index contributed by atoms with van der Waals surface area (Å²) in [4.78, 5) is 28.5. The summed E-state index contributed by atoms with van der Waals surface area (Å²) in [6.45, 7) is 3.22. The predicted octanol–water partition coefficient (Wildman–Crippen LogP) is 5.42. The Morgan fingerprint density at radius 1 is 0.939 bits per heavy atom. The van der Waals surface area contributed by atoms with E-state index < -0.39 is 0 Å². The molecule has 1 atom stereocenters. The molecule has 1 saturated heterocycles. The second-order valence-corrected chi connectivity index (χ2v) is 9.65. The third-order valence-corrected chi connectivity index (χ3v) is 7.52. The molecule has 1 N–H and O–H groups in total. The zero-order valence-corrected chi connectivity index (χ0v) is 19.4. The molecule has 0 saturated carbocycles. The molecule has 6 heteroatoms. The number of carbonyl (C=O) groups is 2. The van der Waals surface area contributed by atoms with Gasteiger partial charge < -0.3 is 14.8 Å². The molecular formula is C27H27N3O2S. The largest absolute Gasteiger partial charge is 0.349 e. The Morgan fingerprint density at radius 2 is 1.67 bits per heavy atom. The Labute approximate surface area is 197 Å². The van der Waals surface area contributed by atoms with Crippen LogP contribution in [0.4, 0.5) is 0 Å². The van der Waals surface area contributed by atoms with Crippen molar-refractivity contribution in [3.8, 4) is 5.00 Å². The zero-order chi connectivity index (χ0) is 22.8. The van der Waals surface area contributed by atoms with Crippen LogP contribution in [0.2, 0.25) is 0 Å². The summed E-state index contributed by atoms with van der Waals surface area (Å²) in [5.74, 6) is 0.0842. The zero-order valence-electron chi connectivity index (χ0n) is 18.6. The van der Waals surface area contributed by atoms with Crippen molar-refractivity contribution < 1.29 is 9.59 Å². The quantitative estimate of drug-likeness (QED) is 0.435. The van der Waals surface area contributed by atoms with E-state index in [4.69, 9.17) is 0 Å². The molecule has 3 heterocycles. The Hall–Kier alpha value is -3.38. The van der Waals surface area contributed by atoms with Crippen LogP contribution in [-0.4, -0.2) is 34.4 Å². The number of fused-ring (bicyclic) bond motifs is 1. The van der Waals surface area contributed by atoms with E-state index in [9.17, 15) is 9.59 Å². The van der Waals surface area contributed by atoms with E-state index in [1.807, 2.05) is 72.6 Å². The molecular weight excluding hydrogens is 430 g/mol. The second kappa shape index (κ2) is 9.24. The van der Waals surface area contributed by atoms with Crippen LogP contribution >= 0.6 is 11.3 Å². The number of benzene rings is 2. The lowest BCUT2D eigenvalue weighted by Gasteiger charge is -2.31. The second-order valence-electron chi connectivity index (χ2n) is 8.59. The molecule has 2 amide bonds. The van der Waals surface area contributed by atoms with Gasteiger partial charge in [0.15, 0.2) is 0 Å². The third-order valence-electron chi connectivity index (χ3n) is 6.45. The minimum atomic E-state index is -0.0506. The van der Waals surface area contributed by atoms with Crippen LogP contribution < -0.4 is 5.32 Å². The molecule has 168 valence electrons. The highest BCUT2D eigenvalue weighted by atomic mass is 32.1. The van der Waals surface area contributed by atoms with Crippen molar-refractivity contribution >= 4 is 34.1 Å². The maximum Gasteiger partial charge on any atom is 0.263 e. The number of nitrogens with one attached hydrogen (secondary N) is 1. The number of aromatic nitrogens is 1. The lowest BCUT2D eigenvalue weighted by atomic mass is 9.95. The third kappa shape index (κ3) is 4.44. The van der Waals surface area contributed by atoms with Crippen LogP contribution in [0.5, 0.6) is 0 Å². The van der Waals surface area contributed by atoms with Crippen LogP contribution in [-0.2, 0) is 4.79 Å². The maximum atomic E-state index is 13.1. The molecule has 0 radical (unpaired) electrons. The van der Waals surface area contributed by atoms with E-state index in [-0.39, 0.29) is 23.8 Å². The fraction of sp³-hybridized carbons (Fsp3) is 0.259. The standard InChI is InChI=1S/C27H27N3O2S/c1-19(20-7-3-2-4-8-20)28-26(31)22-13-16-29(17-14-22)27(32)24-11-12-25(33-24)30-18-15-21-9-5-6-10-23(21)30/h2-12,15,18-19,22H,13-14,16-17H2,1H3,(H,28,31). The average Bonchev–Trinajstić information content (AvgIpc) is 3.51. The number of carbonyl (C=O) groups excluding carboxylic acids is 2. The van der Waals surface area contributed by atoms with Crippen molar-refractivity contribution in [1.29, 1.82) is 0 Å². The van der Waals surface area contributed by atoms with E-state index in [0.717, 1.165) is 21.0 Å². The van der Waals surface area contributed by atoms with Crippen molar-refractivity contribution in [1.82, 2.24) is 14.8 Å². The molecule has 5 nitrogen and oxygen atoms in total. The summed E-state index contributed by atoms with van der Waals surface area (Å²) in [5, 5.41) is 5.34. The van der Waals surface area contributed by atoms with E-state index in [1.54, 1.807) is 0 Å². The molecule has 1 fully saturated rings. The monoisotopic (exact) mass is 457 g/mol. The van der Waals surface area contributed by atoms with Gasteiger partial charge in [0.2, 0.25) is 5.91 Å². The summed E-state index contributed by atoms with van der Waals surface area (Å²) >= 11 is 1.51. The normalized spacial score (nSPS) is 15.5. The maximum absolute atomic E-state index is 13.1. The number of amides is 2. The minimum absolute atomic E-state index is 0.0207. The van der Waals surface area contributed by atoms with Crippen molar-refractivity contribution in [2.45, 2.75) is 25.8 Å². The first kappa shape index (κ1) is 21.5. The van der Waals surface area contributed by atoms with Crippen LogP contribution in [0.25, 0.3) is 15.9 Å². The van der Waals surface area contributed by atoms with Gasteiger partial charge in [-0.1, -0.05) is 48.5 Å². The van der Waals surface area contributed by atoms with Gasteiger partial charge in [0.25, 0.3) is 5.91 Å². The summed E-state index contributed by atoms with van der Waals surface area (Å²) in [6.07, 6.45) is 3.43. The van der Waals surface area contributed by atoms with E-state index >= 15 is 0 Å².